The number of carboxylic acids is 1. The summed E-state index contributed by atoms with van der Waals surface area (Å²) in [6, 6.07) is 5.59. The number of carbonyl (C=O) groups is 2. The first-order valence-electron chi connectivity index (χ1n) is 5.39. The number of hydrogen-bond donors (Lipinski definition) is 3. The number of hydrogen-bond acceptors (Lipinski definition) is 4. The second-order valence-electron chi connectivity index (χ2n) is 3.80. The van der Waals surface area contributed by atoms with Crippen LogP contribution in [0.1, 0.15) is 12.5 Å². The molecule has 7 heteroatoms. The Balaban J connectivity index is 2.56. The molecule has 0 heterocycles. The first-order chi connectivity index (χ1) is 8.93. The molecule has 0 bridgehead atoms. The SMILES string of the molecule is CC(NCC(=O)Nc1ccc(C#N)c(Cl)c1)C(=O)O. The van der Waals surface area contributed by atoms with Crippen LogP contribution in [0, 0.1) is 11.3 Å². The largest absolute Gasteiger partial charge is 0.480 e. The van der Waals surface area contributed by atoms with E-state index >= 15 is 0 Å². The number of nitriles is 1. The van der Waals surface area contributed by atoms with E-state index in [0.717, 1.165) is 0 Å². The molecule has 0 saturated carbocycles. The molecule has 6 nitrogen and oxygen atoms in total. The zero-order valence-electron chi connectivity index (χ0n) is 10.1. The number of benzene rings is 1. The Bertz CT molecular complexity index is 540. The lowest BCUT2D eigenvalue weighted by Crippen LogP contribution is -2.39. The van der Waals surface area contributed by atoms with E-state index in [2.05, 4.69) is 10.6 Å². The van der Waals surface area contributed by atoms with Crippen molar-refractivity contribution in [2.24, 2.45) is 0 Å². The number of aliphatic carboxylic acids is 1. The molecule has 1 aromatic rings. The van der Waals surface area contributed by atoms with Gasteiger partial charge < -0.3 is 10.4 Å². The highest BCUT2D eigenvalue weighted by Crippen LogP contribution is 2.19. The third-order valence-electron chi connectivity index (χ3n) is 2.31. The average Bonchev–Trinajstić information content (AvgIpc) is 2.36. The minimum atomic E-state index is -1.03. The monoisotopic (exact) mass is 281 g/mol. The molecule has 0 fully saturated rings. The topological polar surface area (TPSA) is 102 Å². The van der Waals surface area contributed by atoms with Crippen LogP contribution in [-0.2, 0) is 9.59 Å². The Morgan fingerprint density at radius 3 is 2.74 bits per heavy atom. The van der Waals surface area contributed by atoms with Gasteiger partial charge in [-0.05, 0) is 25.1 Å². The summed E-state index contributed by atoms with van der Waals surface area (Å²) < 4.78 is 0. The first kappa shape index (κ1) is 15.0. The van der Waals surface area contributed by atoms with Crippen LogP contribution in [0.4, 0.5) is 5.69 Å². The summed E-state index contributed by atoms with van der Waals surface area (Å²) in [4.78, 5) is 22.1. The van der Waals surface area contributed by atoms with E-state index in [0.29, 0.717) is 11.3 Å². The van der Waals surface area contributed by atoms with Crippen molar-refractivity contribution in [2.75, 3.05) is 11.9 Å². The Kier molecular flexibility index (Phi) is 5.30. The Morgan fingerprint density at radius 1 is 1.53 bits per heavy atom. The van der Waals surface area contributed by atoms with Crippen molar-refractivity contribution in [2.45, 2.75) is 13.0 Å². The third-order valence-corrected chi connectivity index (χ3v) is 2.63. The maximum atomic E-state index is 11.5. The molecule has 1 unspecified atom stereocenters. The zero-order chi connectivity index (χ0) is 14.4. The number of nitrogens with zero attached hydrogens (tertiary/aromatic N) is 1. The summed E-state index contributed by atoms with van der Waals surface area (Å²) in [5.74, 6) is -1.43. The van der Waals surface area contributed by atoms with E-state index in [1.807, 2.05) is 6.07 Å². The molecule has 1 aromatic carbocycles. The number of amides is 1. The predicted octanol–water partition coefficient (Wildman–Crippen LogP) is 1.21. The van der Waals surface area contributed by atoms with E-state index in [1.54, 1.807) is 6.07 Å². The molecule has 0 radical (unpaired) electrons. The average molecular weight is 282 g/mol. The summed E-state index contributed by atoms with van der Waals surface area (Å²) >= 11 is 5.81. The molecule has 3 N–H and O–H groups in total. The number of nitrogens with one attached hydrogen (secondary N) is 2. The molecule has 1 amide bonds. The lowest BCUT2D eigenvalue weighted by atomic mass is 10.2. The standard InChI is InChI=1S/C12H12ClN3O3/c1-7(12(18)19)15-6-11(17)16-9-3-2-8(5-14)10(13)4-9/h2-4,7,15H,6H2,1H3,(H,16,17)(H,18,19). The number of carbonyl (C=O) groups excluding carboxylic acids is 1. The van der Waals surface area contributed by atoms with Crippen molar-refractivity contribution >= 4 is 29.2 Å². The molecule has 0 aliphatic carbocycles. The van der Waals surface area contributed by atoms with Crippen molar-refractivity contribution in [1.29, 1.82) is 5.26 Å². The van der Waals surface area contributed by atoms with E-state index in [1.165, 1.54) is 19.1 Å². The van der Waals surface area contributed by atoms with Crippen molar-refractivity contribution in [1.82, 2.24) is 5.32 Å². The number of anilines is 1. The Morgan fingerprint density at radius 2 is 2.21 bits per heavy atom. The number of rotatable bonds is 5. The van der Waals surface area contributed by atoms with Gasteiger partial charge in [-0.3, -0.25) is 14.9 Å². The normalized spacial score (nSPS) is 11.4. The maximum absolute atomic E-state index is 11.5. The fourth-order valence-corrected chi connectivity index (χ4v) is 1.44. The van der Waals surface area contributed by atoms with Gasteiger partial charge in [0.25, 0.3) is 0 Å². The van der Waals surface area contributed by atoms with Crippen LogP contribution in [0.15, 0.2) is 18.2 Å². The smallest absolute Gasteiger partial charge is 0.320 e. The van der Waals surface area contributed by atoms with Gasteiger partial charge in [-0.15, -0.1) is 0 Å². The second-order valence-corrected chi connectivity index (χ2v) is 4.20. The Labute approximate surface area is 115 Å². The molecule has 0 saturated heterocycles. The van der Waals surface area contributed by atoms with Crippen molar-refractivity contribution < 1.29 is 14.7 Å². The molecule has 1 rings (SSSR count). The van der Waals surface area contributed by atoms with E-state index in [-0.39, 0.29) is 11.6 Å². The van der Waals surface area contributed by atoms with Crippen molar-refractivity contribution in [3.8, 4) is 6.07 Å². The van der Waals surface area contributed by atoms with Crippen LogP contribution >= 0.6 is 11.6 Å². The van der Waals surface area contributed by atoms with Gasteiger partial charge in [-0.25, -0.2) is 0 Å². The maximum Gasteiger partial charge on any atom is 0.320 e. The molecule has 0 spiro atoms. The Hall–Kier alpha value is -2.10. The molecule has 1 atom stereocenters. The molecular weight excluding hydrogens is 270 g/mol. The minimum absolute atomic E-state index is 0.134. The molecule has 0 aliphatic heterocycles. The van der Waals surface area contributed by atoms with Crippen molar-refractivity contribution in [3.05, 3.63) is 28.8 Å². The summed E-state index contributed by atoms with van der Waals surface area (Å²) in [5.41, 5.74) is 0.760. The van der Waals surface area contributed by atoms with Crippen molar-refractivity contribution in [3.63, 3.8) is 0 Å². The second kappa shape index (κ2) is 6.73. The van der Waals surface area contributed by atoms with Gasteiger partial charge in [0.15, 0.2) is 0 Å². The molecule has 100 valence electrons. The van der Waals surface area contributed by atoms with Crippen LogP contribution in [0.2, 0.25) is 5.02 Å². The van der Waals surface area contributed by atoms with Gasteiger partial charge in [0.1, 0.15) is 12.1 Å². The highest BCUT2D eigenvalue weighted by atomic mass is 35.5. The van der Waals surface area contributed by atoms with E-state index in [4.69, 9.17) is 22.0 Å². The van der Waals surface area contributed by atoms with Crippen LogP contribution in [0.5, 0.6) is 0 Å². The van der Waals surface area contributed by atoms with Gasteiger partial charge in [0, 0.05) is 5.69 Å². The lowest BCUT2D eigenvalue weighted by molar-refractivity contribution is -0.139. The van der Waals surface area contributed by atoms with Crippen LogP contribution < -0.4 is 10.6 Å². The fourth-order valence-electron chi connectivity index (χ4n) is 1.22. The molecule has 0 aromatic heterocycles. The van der Waals surface area contributed by atoms with Gasteiger partial charge in [0.05, 0.1) is 17.1 Å². The third kappa shape index (κ3) is 4.58. The zero-order valence-corrected chi connectivity index (χ0v) is 10.9. The van der Waals surface area contributed by atoms with Crippen LogP contribution in [0.3, 0.4) is 0 Å². The molecule has 19 heavy (non-hydrogen) atoms. The molecule has 0 aliphatic rings. The minimum Gasteiger partial charge on any atom is -0.480 e. The van der Waals surface area contributed by atoms with E-state index < -0.39 is 17.9 Å². The predicted molar refractivity (Wildman–Crippen MR) is 69.9 cm³/mol. The summed E-state index contributed by atoms with van der Waals surface area (Å²) in [5, 5.41) is 22.7. The summed E-state index contributed by atoms with van der Waals surface area (Å²) in [7, 11) is 0. The van der Waals surface area contributed by atoms with Crippen LogP contribution in [0.25, 0.3) is 0 Å². The fraction of sp³-hybridized carbons (Fsp3) is 0.250. The highest BCUT2D eigenvalue weighted by Gasteiger charge is 2.12. The quantitative estimate of drug-likeness (QED) is 0.753. The number of halogens is 1. The van der Waals surface area contributed by atoms with Crippen LogP contribution in [-0.4, -0.2) is 29.6 Å². The highest BCUT2D eigenvalue weighted by molar-refractivity contribution is 6.32. The van der Waals surface area contributed by atoms with Gasteiger partial charge >= 0.3 is 5.97 Å². The first-order valence-corrected chi connectivity index (χ1v) is 5.77. The summed E-state index contributed by atoms with van der Waals surface area (Å²) in [6.07, 6.45) is 0. The number of carboxylic acid groups (broad SMARTS) is 1. The van der Waals surface area contributed by atoms with Gasteiger partial charge in [-0.2, -0.15) is 5.26 Å². The van der Waals surface area contributed by atoms with Gasteiger partial charge in [-0.1, -0.05) is 11.6 Å². The molecular formula is C12H12ClN3O3. The lowest BCUT2D eigenvalue weighted by Gasteiger charge is -2.10. The summed E-state index contributed by atoms with van der Waals surface area (Å²) in [6.45, 7) is 1.30. The van der Waals surface area contributed by atoms with Gasteiger partial charge in [0.2, 0.25) is 5.91 Å². The van der Waals surface area contributed by atoms with E-state index in [9.17, 15) is 9.59 Å².